The van der Waals surface area contributed by atoms with Crippen molar-refractivity contribution in [1.82, 2.24) is 15.2 Å². The summed E-state index contributed by atoms with van der Waals surface area (Å²) in [5.74, 6) is 5.62. The second-order valence-corrected chi connectivity index (χ2v) is 5.56. The number of nitrogens with one attached hydrogen (secondary N) is 1. The molecule has 1 unspecified atom stereocenters. The first-order chi connectivity index (χ1) is 8.69. The number of aromatic nitrogens is 2. The van der Waals surface area contributed by atoms with Crippen LogP contribution < -0.4 is 11.3 Å². The molecule has 0 fully saturated rings. The van der Waals surface area contributed by atoms with Gasteiger partial charge in [-0.1, -0.05) is 0 Å². The third-order valence-electron chi connectivity index (χ3n) is 2.95. The molecule has 0 aliphatic heterocycles. The van der Waals surface area contributed by atoms with Gasteiger partial charge in [0.15, 0.2) is 0 Å². The van der Waals surface area contributed by atoms with Crippen LogP contribution in [0.2, 0.25) is 0 Å². The van der Waals surface area contributed by atoms with Crippen molar-refractivity contribution in [3.8, 4) is 0 Å². The van der Waals surface area contributed by atoms with Crippen LogP contribution in [0, 0.1) is 0 Å². The summed E-state index contributed by atoms with van der Waals surface area (Å²) in [4.78, 5) is 0. The average molecular weight is 264 g/mol. The predicted molar refractivity (Wildman–Crippen MR) is 75.5 cm³/mol. The van der Waals surface area contributed by atoms with E-state index in [2.05, 4.69) is 47.3 Å². The lowest BCUT2D eigenvalue weighted by Gasteiger charge is -2.13. The van der Waals surface area contributed by atoms with E-state index in [0.717, 1.165) is 18.5 Å². The van der Waals surface area contributed by atoms with Crippen molar-refractivity contribution >= 4 is 11.3 Å². The quantitative estimate of drug-likeness (QED) is 0.621. The highest BCUT2D eigenvalue weighted by molar-refractivity contribution is 7.07. The summed E-state index contributed by atoms with van der Waals surface area (Å²) in [6.45, 7) is 4.25. The van der Waals surface area contributed by atoms with Crippen LogP contribution in [0.5, 0.6) is 0 Å². The van der Waals surface area contributed by atoms with Crippen molar-refractivity contribution in [2.24, 2.45) is 5.84 Å². The van der Waals surface area contributed by atoms with Crippen LogP contribution in [-0.2, 0) is 12.8 Å². The fraction of sp³-hybridized carbons (Fsp3) is 0.462. The number of thiophene rings is 1. The van der Waals surface area contributed by atoms with Crippen molar-refractivity contribution in [3.63, 3.8) is 0 Å². The summed E-state index contributed by atoms with van der Waals surface area (Å²) in [5, 5.41) is 8.81. The minimum Gasteiger partial charge on any atom is -0.271 e. The summed E-state index contributed by atoms with van der Waals surface area (Å²) in [7, 11) is 0. The van der Waals surface area contributed by atoms with Gasteiger partial charge < -0.3 is 0 Å². The zero-order valence-corrected chi connectivity index (χ0v) is 11.7. The second-order valence-electron chi connectivity index (χ2n) is 4.78. The third-order valence-corrected chi connectivity index (χ3v) is 3.68. The first-order valence-electron chi connectivity index (χ1n) is 6.20. The van der Waals surface area contributed by atoms with Crippen LogP contribution in [0.25, 0.3) is 0 Å². The van der Waals surface area contributed by atoms with E-state index in [1.54, 1.807) is 11.3 Å². The van der Waals surface area contributed by atoms with E-state index >= 15 is 0 Å². The Morgan fingerprint density at radius 2 is 2.22 bits per heavy atom. The van der Waals surface area contributed by atoms with Crippen LogP contribution in [0.1, 0.15) is 31.1 Å². The van der Waals surface area contributed by atoms with E-state index in [4.69, 9.17) is 5.84 Å². The highest BCUT2D eigenvalue weighted by Crippen LogP contribution is 2.12. The molecule has 0 aliphatic rings. The van der Waals surface area contributed by atoms with Gasteiger partial charge in [0.05, 0.1) is 5.69 Å². The molecule has 3 N–H and O–H groups in total. The van der Waals surface area contributed by atoms with Gasteiger partial charge in [-0.15, -0.1) is 0 Å². The zero-order chi connectivity index (χ0) is 13.0. The first-order valence-corrected chi connectivity index (χ1v) is 7.14. The molecule has 0 amide bonds. The van der Waals surface area contributed by atoms with Crippen molar-refractivity contribution in [1.29, 1.82) is 0 Å². The Kier molecular flexibility index (Phi) is 4.52. The van der Waals surface area contributed by atoms with Crippen molar-refractivity contribution in [2.75, 3.05) is 0 Å². The summed E-state index contributed by atoms with van der Waals surface area (Å²) < 4.78 is 1.98. The molecular formula is C13H20N4S. The van der Waals surface area contributed by atoms with Crippen LogP contribution in [0.15, 0.2) is 29.1 Å². The minimum atomic E-state index is 0.232. The predicted octanol–water partition coefficient (Wildman–Crippen LogP) is 2.14. The van der Waals surface area contributed by atoms with E-state index in [-0.39, 0.29) is 6.04 Å². The molecule has 0 aliphatic carbocycles. The van der Waals surface area contributed by atoms with E-state index in [1.165, 1.54) is 5.56 Å². The molecule has 4 nitrogen and oxygen atoms in total. The number of hydrogen-bond acceptors (Lipinski definition) is 4. The third kappa shape index (κ3) is 3.41. The highest BCUT2D eigenvalue weighted by atomic mass is 32.1. The second kappa shape index (κ2) is 6.13. The number of hydrazine groups is 1. The van der Waals surface area contributed by atoms with E-state index in [1.807, 2.05) is 10.9 Å². The van der Waals surface area contributed by atoms with Crippen molar-refractivity contribution in [2.45, 2.75) is 38.8 Å². The molecule has 2 heterocycles. The Morgan fingerprint density at radius 3 is 2.78 bits per heavy atom. The first kappa shape index (κ1) is 13.3. The summed E-state index contributed by atoms with van der Waals surface area (Å²) >= 11 is 1.72. The maximum absolute atomic E-state index is 5.62. The fourth-order valence-electron chi connectivity index (χ4n) is 1.91. The van der Waals surface area contributed by atoms with Crippen LogP contribution in [-0.4, -0.2) is 15.8 Å². The standard InChI is InChI=1S/C13H20N4S/c1-10(2)17-5-3-12(16-17)8-13(15-14)7-11-4-6-18-9-11/h3-6,9-10,13,15H,7-8,14H2,1-2H3. The van der Waals surface area contributed by atoms with Gasteiger partial charge in [-0.05, 0) is 48.7 Å². The molecule has 98 valence electrons. The topological polar surface area (TPSA) is 55.9 Å². The molecule has 5 heteroatoms. The van der Waals surface area contributed by atoms with Crippen molar-refractivity contribution in [3.05, 3.63) is 40.3 Å². The number of nitrogens with two attached hydrogens (primary N) is 1. The molecule has 2 aromatic heterocycles. The van der Waals surface area contributed by atoms with Gasteiger partial charge in [0.25, 0.3) is 0 Å². The average Bonchev–Trinajstić information content (AvgIpc) is 2.99. The zero-order valence-electron chi connectivity index (χ0n) is 10.8. The highest BCUT2D eigenvalue weighted by Gasteiger charge is 2.11. The molecule has 0 saturated carbocycles. The molecule has 2 rings (SSSR count). The van der Waals surface area contributed by atoms with Gasteiger partial charge >= 0.3 is 0 Å². The van der Waals surface area contributed by atoms with Gasteiger partial charge in [0, 0.05) is 24.7 Å². The Hall–Kier alpha value is -1.17. The molecule has 0 radical (unpaired) electrons. The van der Waals surface area contributed by atoms with Crippen LogP contribution in [0.3, 0.4) is 0 Å². The summed E-state index contributed by atoms with van der Waals surface area (Å²) in [6, 6.07) is 4.84. The largest absolute Gasteiger partial charge is 0.271 e. The van der Waals surface area contributed by atoms with E-state index in [0.29, 0.717) is 6.04 Å². The monoisotopic (exact) mass is 264 g/mol. The Labute approximate surface area is 112 Å². The SMILES string of the molecule is CC(C)n1ccc(CC(Cc2ccsc2)NN)n1. The maximum Gasteiger partial charge on any atom is 0.0640 e. The maximum atomic E-state index is 5.62. The Balaban J connectivity index is 1.96. The molecule has 2 aromatic rings. The van der Waals surface area contributed by atoms with E-state index < -0.39 is 0 Å². The summed E-state index contributed by atoms with van der Waals surface area (Å²) in [6.07, 6.45) is 3.82. The van der Waals surface area contributed by atoms with Crippen LogP contribution >= 0.6 is 11.3 Å². The lowest BCUT2D eigenvalue weighted by Crippen LogP contribution is -2.38. The number of rotatable bonds is 6. The molecular weight excluding hydrogens is 244 g/mol. The smallest absolute Gasteiger partial charge is 0.0640 e. The van der Waals surface area contributed by atoms with Gasteiger partial charge in [0.1, 0.15) is 0 Å². The summed E-state index contributed by atoms with van der Waals surface area (Å²) in [5.41, 5.74) is 5.29. The van der Waals surface area contributed by atoms with Gasteiger partial charge in [-0.2, -0.15) is 16.4 Å². The molecule has 1 atom stereocenters. The van der Waals surface area contributed by atoms with Gasteiger partial charge in [0.2, 0.25) is 0 Å². The fourth-order valence-corrected chi connectivity index (χ4v) is 2.59. The van der Waals surface area contributed by atoms with Crippen LogP contribution in [0.4, 0.5) is 0 Å². The Morgan fingerprint density at radius 1 is 1.39 bits per heavy atom. The number of hydrogen-bond donors (Lipinski definition) is 2. The van der Waals surface area contributed by atoms with Gasteiger partial charge in [-0.25, -0.2) is 0 Å². The van der Waals surface area contributed by atoms with Crippen molar-refractivity contribution < 1.29 is 0 Å². The minimum absolute atomic E-state index is 0.232. The van der Waals surface area contributed by atoms with Gasteiger partial charge in [-0.3, -0.25) is 16.0 Å². The molecule has 0 aromatic carbocycles. The molecule has 0 bridgehead atoms. The number of nitrogens with zero attached hydrogens (tertiary/aromatic N) is 2. The molecule has 0 saturated heterocycles. The molecule has 18 heavy (non-hydrogen) atoms. The normalized spacial score (nSPS) is 13.1. The molecule has 0 spiro atoms. The lowest BCUT2D eigenvalue weighted by atomic mass is 10.1. The lowest BCUT2D eigenvalue weighted by molar-refractivity contribution is 0.495. The Bertz CT molecular complexity index is 461. The van der Waals surface area contributed by atoms with E-state index in [9.17, 15) is 0 Å².